The van der Waals surface area contributed by atoms with Gasteiger partial charge in [0.2, 0.25) is 0 Å². The molecule has 1 aromatic rings. The highest BCUT2D eigenvalue weighted by Crippen LogP contribution is 2.68. The normalized spacial score (nSPS) is 35.0. The molecule has 1 nitrogen and oxygen atoms in total. The highest BCUT2D eigenvalue weighted by molar-refractivity contribution is 5.46. The summed E-state index contributed by atoms with van der Waals surface area (Å²) in [6.45, 7) is 12.4. The van der Waals surface area contributed by atoms with E-state index in [-0.39, 0.29) is 0 Å². The van der Waals surface area contributed by atoms with E-state index in [9.17, 15) is 0 Å². The first-order valence-electron chi connectivity index (χ1n) is 13.2. The maximum absolute atomic E-state index is 4.37. The molecule has 3 fully saturated rings. The lowest BCUT2D eigenvalue weighted by Crippen LogP contribution is -2.61. The Bertz CT molecular complexity index is 757. The Hall–Kier alpha value is -0.820. The van der Waals surface area contributed by atoms with Crippen molar-refractivity contribution in [1.82, 2.24) is 5.32 Å². The summed E-state index contributed by atoms with van der Waals surface area (Å²) in [5.74, 6) is 2.40. The van der Waals surface area contributed by atoms with Crippen LogP contribution in [0.3, 0.4) is 0 Å². The molecule has 3 aliphatic carbocycles. The zero-order valence-corrected chi connectivity index (χ0v) is 20.3. The number of fused-ring (bicyclic) bond motifs is 3. The van der Waals surface area contributed by atoms with E-state index in [1.807, 2.05) is 0 Å². The number of hydrogen-bond donors (Lipinski definition) is 1. The maximum atomic E-state index is 4.37. The minimum absolute atomic E-state index is 0.319. The maximum Gasteiger partial charge on any atom is 0.0218 e. The van der Waals surface area contributed by atoms with Crippen molar-refractivity contribution < 1.29 is 0 Å². The van der Waals surface area contributed by atoms with Crippen LogP contribution < -0.4 is 5.32 Å². The van der Waals surface area contributed by atoms with E-state index < -0.39 is 0 Å². The van der Waals surface area contributed by atoms with Crippen LogP contribution >= 0.6 is 0 Å². The fourth-order valence-corrected chi connectivity index (χ4v) is 8.65. The molecule has 1 heteroatoms. The predicted octanol–water partition coefficient (Wildman–Crippen LogP) is 7.81. The van der Waals surface area contributed by atoms with Crippen LogP contribution in [0.1, 0.15) is 122 Å². The van der Waals surface area contributed by atoms with Gasteiger partial charge in [-0.25, -0.2) is 0 Å². The second kappa shape index (κ2) is 7.36. The Kier molecular flexibility index (Phi) is 5.16. The van der Waals surface area contributed by atoms with Crippen molar-refractivity contribution in [3.63, 3.8) is 0 Å². The van der Waals surface area contributed by atoms with Gasteiger partial charge in [-0.15, -0.1) is 0 Å². The van der Waals surface area contributed by atoms with Crippen LogP contribution in [0.2, 0.25) is 0 Å². The van der Waals surface area contributed by atoms with Crippen molar-refractivity contribution >= 4 is 0 Å². The molecule has 2 saturated carbocycles. The molecule has 0 bridgehead atoms. The summed E-state index contributed by atoms with van der Waals surface area (Å²) in [5.41, 5.74) is 4.80. The minimum Gasteiger partial charge on any atom is -0.309 e. The molecule has 4 aliphatic rings. The number of hydrogen-bond acceptors (Lipinski definition) is 1. The van der Waals surface area contributed by atoms with Gasteiger partial charge in [-0.3, -0.25) is 0 Å². The lowest BCUT2D eigenvalue weighted by Gasteiger charge is -2.58. The molecule has 0 amide bonds. The highest BCUT2D eigenvalue weighted by Gasteiger charge is 2.62. The summed E-state index contributed by atoms with van der Waals surface area (Å²) in [5, 5.41) is 4.37. The van der Waals surface area contributed by atoms with Crippen LogP contribution in [0, 0.1) is 22.2 Å². The highest BCUT2D eigenvalue weighted by atomic mass is 15.0. The van der Waals surface area contributed by atoms with Gasteiger partial charge in [0.1, 0.15) is 0 Å². The molecule has 1 aromatic carbocycles. The van der Waals surface area contributed by atoms with Gasteiger partial charge >= 0.3 is 0 Å². The Labute approximate surface area is 185 Å². The zero-order chi connectivity index (χ0) is 21.1. The van der Waals surface area contributed by atoms with Crippen molar-refractivity contribution in [1.29, 1.82) is 0 Å². The molecule has 5 rings (SSSR count). The van der Waals surface area contributed by atoms with Crippen molar-refractivity contribution in [3.05, 3.63) is 35.4 Å². The second-order valence-electron chi connectivity index (χ2n) is 12.5. The van der Waals surface area contributed by atoms with E-state index in [0.717, 1.165) is 11.8 Å². The van der Waals surface area contributed by atoms with Gasteiger partial charge in [-0.1, -0.05) is 78.1 Å². The number of benzene rings is 1. The van der Waals surface area contributed by atoms with Gasteiger partial charge in [0.25, 0.3) is 0 Å². The Balaban J connectivity index is 1.65. The quantitative estimate of drug-likeness (QED) is 0.536. The SMILES string of the molecule is CCC1(CC)CC(C(C)(C)C)NC2C1c1ccccc1C2C1(C2CCCC2)CCC1. The molecule has 1 heterocycles. The summed E-state index contributed by atoms with van der Waals surface area (Å²) in [7, 11) is 0. The molecule has 4 unspecified atom stereocenters. The lowest BCUT2D eigenvalue weighted by atomic mass is 9.50. The third-order valence-electron chi connectivity index (χ3n) is 10.6. The van der Waals surface area contributed by atoms with Gasteiger partial charge in [0, 0.05) is 23.9 Å². The van der Waals surface area contributed by atoms with Crippen molar-refractivity contribution in [2.45, 2.75) is 123 Å². The Morgan fingerprint density at radius 2 is 1.50 bits per heavy atom. The zero-order valence-electron chi connectivity index (χ0n) is 20.3. The van der Waals surface area contributed by atoms with E-state index in [1.165, 1.54) is 64.2 Å². The van der Waals surface area contributed by atoms with Gasteiger partial charge in [0.05, 0.1) is 0 Å². The molecule has 166 valence electrons. The van der Waals surface area contributed by atoms with Crippen LogP contribution in [0.15, 0.2) is 24.3 Å². The van der Waals surface area contributed by atoms with Crippen LogP contribution in [0.4, 0.5) is 0 Å². The number of piperidine rings is 1. The summed E-state index contributed by atoms with van der Waals surface area (Å²) in [6.07, 6.45) is 14.3. The molecule has 30 heavy (non-hydrogen) atoms. The average molecular weight is 408 g/mol. The van der Waals surface area contributed by atoms with Gasteiger partial charge in [-0.2, -0.15) is 0 Å². The first-order chi connectivity index (χ1) is 14.4. The first-order valence-corrected chi connectivity index (χ1v) is 13.2. The molecule has 0 spiro atoms. The number of rotatable bonds is 4. The van der Waals surface area contributed by atoms with Crippen molar-refractivity contribution in [2.75, 3.05) is 0 Å². The lowest BCUT2D eigenvalue weighted by molar-refractivity contribution is -0.0284. The third kappa shape index (κ3) is 2.90. The Morgan fingerprint density at radius 1 is 0.900 bits per heavy atom. The standard InChI is InChI=1S/C29H45N/c1-6-28(7-2)19-23(27(3,4)5)30-26-24(28)21-15-10-11-16-22(21)25(26)29(17-12-18-29)20-13-8-9-14-20/h10-11,15-16,20,23-26,30H,6-9,12-14,17-19H2,1-5H3. The molecule has 0 aromatic heterocycles. The minimum atomic E-state index is 0.319. The fraction of sp³-hybridized carbons (Fsp3) is 0.793. The van der Waals surface area contributed by atoms with E-state index in [1.54, 1.807) is 11.1 Å². The topological polar surface area (TPSA) is 12.0 Å². The van der Waals surface area contributed by atoms with E-state index in [2.05, 4.69) is 64.2 Å². The van der Waals surface area contributed by atoms with Gasteiger partial charge < -0.3 is 5.32 Å². The van der Waals surface area contributed by atoms with E-state index in [0.29, 0.717) is 34.2 Å². The van der Waals surface area contributed by atoms with Crippen LogP contribution in [0.25, 0.3) is 0 Å². The van der Waals surface area contributed by atoms with E-state index in [4.69, 9.17) is 0 Å². The summed E-state index contributed by atoms with van der Waals surface area (Å²) in [6, 6.07) is 11.0. The summed E-state index contributed by atoms with van der Waals surface area (Å²) in [4.78, 5) is 0. The average Bonchev–Trinajstić information content (AvgIpc) is 3.34. The van der Waals surface area contributed by atoms with Crippen LogP contribution in [-0.4, -0.2) is 12.1 Å². The molecule has 1 aliphatic heterocycles. The van der Waals surface area contributed by atoms with Crippen LogP contribution in [-0.2, 0) is 0 Å². The molecule has 1 saturated heterocycles. The summed E-state index contributed by atoms with van der Waals surface area (Å²) >= 11 is 0. The first kappa shape index (κ1) is 21.0. The predicted molar refractivity (Wildman–Crippen MR) is 128 cm³/mol. The second-order valence-corrected chi connectivity index (χ2v) is 12.5. The molecule has 4 atom stereocenters. The Morgan fingerprint density at radius 3 is 2.00 bits per heavy atom. The van der Waals surface area contributed by atoms with Crippen molar-refractivity contribution in [2.24, 2.45) is 22.2 Å². The molecule has 1 N–H and O–H groups in total. The summed E-state index contributed by atoms with van der Waals surface area (Å²) < 4.78 is 0. The fourth-order valence-electron chi connectivity index (χ4n) is 8.65. The van der Waals surface area contributed by atoms with Crippen molar-refractivity contribution in [3.8, 4) is 0 Å². The van der Waals surface area contributed by atoms with Gasteiger partial charge in [0.15, 0.2) is 0 Å². The third-order valence-corrected chi connectivity index (χ3v) is 10.6. The monoisotopic (exact) mass is 407 g/mol. The molecule has 0 radical (unpaired) electrons. The number of nitrogens with one attached hydrogen (secondary N) is 1. The smallest absolute Gasteiger partial charge is 0.0218 e. The molecular weight excluding hydrogens is 362 g/mol. The molecular formula is C29H45N. The van der Waals surface area contributed by atoms with E-state index >= 15 is 0 Å². The van der Waals surface area contributed by atoms with Crippen LogP contribution in [0.5, 0.6) is 0 Å². The van der Waals surface area contributed by atoms with Gasteiger partial charge in [-0.05, 0) is 78.2 Å². The largest absolute Gasteiger partial charge is 0.309 e.